The van der Waals surface area contributed by atoms with Crippen molar-refractivity contribution in [1.82, 2.24) is 9.29 Å². The van der Waals surface area contributed by atoms with Gasteiger partial charge in [-0.15, -0.1) is 0 Å². The van der Waals surface area contributed by atoms with Gasteiger partial charge in [-0.3, -0.25) is 3.97 Å². The zero-order chi connectivity index (χ0) is 23.0. The first kappa shape index (κ1) is 25.6. The molecular formula is C23H32ClN3O2S2. The van der Waals surface area contributed by atoms with Crippen LogP contribution in [-0.4, -0.2) is 47.7 Å². The van der Waals surface area contributed by atoms with E-state index in [2.05, 4.69) is 22.8 Å². The molecule has 0 aliphatic carbocycles. The number of aromatic nitrogens is 1. The Labute approximate surface area is 198 Å². The number of benzene rings is 2. The van der Waals surface area contributed by atoms with E-state index in [-0.39, 0.29) is 0 Å². The number of ether oxygens (including phenoxy) is 1. The summed E-state index contributed by atoms with van der Waals surface area (Å²) in [6, 6.07) is 11.4. The molecule has 1 unspecified atom stereocenters. The number of halogens is 1. The Morgan fingerprint density at radius 1 is 1.10 bits per heavy atom. The smallest absolute Gasteiger partial charge is 0.157 e. The van der Waals surface area contributed by atoms with E-state index >= 15 is 0 Å². The number of methoxy groups -OCH3 is 1. The molecule has 2 heterocycles. The van der Waals surface area contributed by atoms with E-state index in [1.165, 1.54) is 0 Å². The number of thiol groups is 1. The van der Waals surface area contributed by atoms with Crippen molar-refractivity contribution in [3.63, 3.8) is 0 Å². The van der Waals surface area contributed by atoms with Crippen molar-refractivity contribution in [2.75, 3.05) is 44.4 Å². The van der Waals surface area contributed by atoms with E-state index in [1.54, 1.807) is 13.4 Å². The minimum Gasteiger partial charge on any atom is -0.495 e. The first-order chi connectivity index (χ1) is 15.1. The summed E-state index contributed by atoms with van der Waals surface area (Å²) in [5, 5.41) is 5.06. The van der Waals surface area contributed by atoms with Crippen molar-refractivity contribution < 1.29 is 8.95 Å². The number of hydrogen-bond donors (Lipinski definition) is 2. The molecule has 5 nitrogen and oxygen atoms in total. The second-order valence-electron chi connectivity index (χ2n) is 6.62. The van der Waals surface area contributed by atoms with Gasteiger partial charge in [-0.05, 0) is 55.1 Å². The SMILES string of the molecule is CC.COc1ccc(S(=O)n2cc(C)c3cc(Cl)ccc32)cc1N1CCNCC1.CS. The predicted octanol–water partition coefficient (Wildman–Crippen LogP) is 5.16. The second-order valence-corrected chi connectivity index (χ2v) is 8.42. The van der Waals surface area contributed by atoms with Crippen LogP contribution in [0.1, 0.15) is 19.4 Å². The molecule has 31 heavy (non-hydrogen) atoms. The van der Waals surface area contributed by atoms with E-state index in [4.69, 9.17) is 16.3 Å². The van der Waals surface area contributed by atoms with Crippen LogP contribution in [0, 0.1) is 6.92 Å². The van der Waals surface area contributed by atoms with Crippen molar-refractivity contribution >= 4 is 51.8 Å². The number of hydrogen-bond acceptors (Lipinski definition) is 5. The normalized spacial score (nSPS) is 14.2. The molecule has 1 atom stereocenters. The Morgan fingerprint density at radius 2 is 1.77 bits per heavy atom. The van der Waals surface area contributed by atoms with Crippen LogP contribution in [0.15, 0.2) is 47.5 Å². The zero-order valence-electron chi connectivity index (χ0n) is 18.8. The molecule has 1 saturated heterocycles. The number of rotatable bonds is 4. The Balaban J connectivity index is 0.000000807. The fourth-order valence-electron chi connectivity index (χ4n) is 3.51. The summed E-state index contributed by atoms with van der Waals surface area (Å²) in [5.74, 6) is 0.804. The summed E-state index contributed by atoms with van der Waals surface area (Å²) >= 11 is 9.65. The number of fused-ring (bicyclic) bond motifs is 1. The molecule has 1 aliphatic heterocycles. The summed E-state index contributed by atoms with van der Waals surface area (Å²) in [4.78, 5) is 3.02. The van der Waals surface area contributed by atoms with Crippen LogP contribution in [0.4, 0.5) is 5.69 Å². The third kappa shape index (κ3) is 5.77. The Bertz CT molecular complexity index is 1020. The topological polar surface area (TPSA) is 46.5 Å². The van der Waals surface area contributed by atoms with Gasteiger partial charge in [-0.25, -0.2) is 4.21 Å². The maximum absolute atomic E-state index is 13.4. The first-order valence-corrected chi connectivity index (χ1v) is 12.7. The third-order valence-electron chi connectivity index (χ3n) is 4.92. The fourth-order valence-corrected chi connectivity index (χ4v) is 4.90. The molecule has 0 bridgehead atoms. The molecule has 2 aromatic carbocycles. The summed E-state index contributed by atoms with van der Waals surface area (Å²) in [6.07, 6.45) is 3.62. The minimum atomic E-state index is -1.36. The van der Waals surface area contributed by atoms with E-state index in [0.717, 1.165) is 59.0 Å². The second kappa shape index (κ2) is 12.4. The maximum atomic E-state index is 13.4. The number of nitrogens with zero attached hydrogens (tertiary/aromatic N) is 2. The Morgan fingerprint density at radius 3 is 2.42 bits per heavy atom. The molecular weight excluding hydrogens is 450 g/mol. The van der Waals surface area contributed by atoms with Crippen LogP contribution in [-0.2, 0) is 11.0 Å². The molecule has 1 N–H and O–H groups in total. The van der Waals surface area contributed by atoms with Crippen LogP contribution in [0.3, 0.4) is 0 Å². The number of anilines is 1. The molecule has 3 aromatic rings. The van der Waals surface area contributed by atoms with Crippen LogP contribution in [0.25, 0.3) is 10.9 Å². The van der Waals surface area contributed by atoms with Gasteiger partial charge in [0.2, 0.25) is 0 Å². The van der Waals surface area contributed by atoms with Gasteiger partial charge in [-0.1, -0.05) is 25.4 Å². The highest BCUT2D eigenvalue weighted by Gasteiger charge is 2.19. The highest BCUT2D eigenvalue weighted by molar-refractivity contribution is 7.83. The van der Waals surface area contributed by atoms with Crippen LogP contribution < -0.4 is 15.0 Å². The number of piperazine rings is 1. The lowest BCUT2D eigenvalue weighted by Crippen LogP contribution is -2.43. The molecule has 4 rings (SSSR count). The largest absolute Gasteiger partial charge is 0.495 e. The van der Waals surface area contributed by atoms with Gasteiger partial charge >= 0.3 is 0 Å². The average Bonchev–Trinajstić information content (AvgIpc) is 3.17. The van der Waals surface area contributed by atoms with Crippen molar-refractivity contribution in [2.45, 2.75) is 25.7 Å². The Kier molecular flexibility index (Phi) is 10.2. The predicted molar refractivity (Wildman–Crippen MR) is 138 cm³/mol. The zero-order valence-corrected chi connectivity index (χ0v) is 21.3. The lowest BCUT2D eigenvalue weighted by Gasteiger charge is -2.30. The first-order valence-electron chi connectivity index (χ1n) is 10.4. The van der Waals surface area contributed by atoms with E-state index in [1.807, 2.05) is 67.3 Å². The maximum Gasteiger partial charge on any atom is 0.157 e. The van der Waals surface area contributed by atoms with E-state index < -0.39 is 11.0 Å². The molecule has 0 radical (unpaired) electrons. The molecule has 1 aliphatic rings. The lowest BCUT2D eigenvalue weighted by atomic mass is 10.2. The molecule has 0 amide bonds. The fraction of sp³-hybridized carbons (Fsp3) is 0.391. The number of aryl methyl sites for hydroxylation is 1. The minimum absolute atomic E-state index is 0.680. The van der Waals surface area contributed by atoms with Crippen LogP contribution in [0.2, 0.25) is 5.02 Å². The van der Waals surface area contributed by atoms with Crippen molar-refractivity contribution in [1.29, 1.82) is 0 Å². The van der Waals surface area contributed by atoms with E-state index in [0.29, 0.717) is 5.02 Å². The molecule has 0 spiro atoms. The van der Waals surface area contributed by atoms with Crippen LogP contribution in [0.5, 0.6) is 5.75 Å². The van der Waals surface area contributed by atoms with Gasteiger partial charge in [0, 0.05) is 42.8 Å². The molecule has 8 heteroatoms. The highest BCUT2D eigenvalue weighted by atomic mass is 35.5. The van der Waals surface area contributed by atoms with Gasteiger partial charge < -0.3 is 15.0 Å². The van der Waals surface area contributed by atoms with Crippen molar-refractivity contribution in [2.24, 2.45) is 0 Å². The molecule has 1 fully saturated rings. The van der Waals surface area contributed by atoms with Gasteiger partial charge in [0.05, 0.1) is 23.2 Å². The van der Waals surface area contributed by atoms with E-state index in [9.17, 15) is 4.21 Å². The highest BCUT2D eigenvalue weighted by Crippen LogP contribution is 2.32. The van der Waals surface area contributed by atoms with Gasteiger partial charge in [-0.2, -0.15) is 12.6 Å². The summed E-state index contributed by atoms with van der Waals surface area (Å²) in [6.45, 7) is 9.66. The van der Waals surface area contributed by atoms with Crippen molar-refractivity contribution in [3.05, 3.63) is 53.2 Å². The van der Waals surface area contributed by atoms with Crippen LogP contribution >= 0.6 is 24.2 Å². The summed E-state index contributed by atoms with van der Waals surface area (Å²) in [7, 11) is 0.314. The Hall–Kier alpha value is -1.67. The molecule has 170 valence electrons. The summed E-state index contributed by atoms with van der Waals surface area (Å²) in [5.41, 5.74) is 2.95. The molecule has 0 saturated carbocycles. The van der Waals surface area contributed by atoms with Gasteiger partial charge in [0.15, 0.2) is 11.0 Å². The number of nitrogens with one attached hydrogen (secondary N) is 1. The van der Waals surface area contributed by atoms with Crippen molar-refractivity contribution in [3.8, 4) is 5.75 Å². The summed E-state index contributed by atoms with van der Waals surface area (Å²) < 4.78 is 20.7. The van der Waals surface area contributed by atoms with Gasteiger partial charge in [0.25, 0.3) is 0 Å². The third-order valence-corrected chi connectivity index (χ3v) is 6.47. The lowest BCUT2D eigenvalue weighted by molar-refractivity contribution is 0.412. The monoisotopic (exact) mass is 481 g/mol. The molecule has 1 aromatic heterocycles. The quantitative estimate of drug-likeness (QED) is 0.505. The van der Waals surface area contributed by atoms with Gasteiger partial charge in [0.1, 0.15) is 5.75 Å². The average molecular weight is 482 g/mol. The standard InChI is InChI=1S/C20H22ClN3O2S.C2H6.CH4S/c1-14-13-24(18-5-3-15(21)11-17(14)18)27(25)16-4-6-20(26-2)19(12-16)23-9-7-22-8-10-23;2*1-2/h3-6,11-13,22H,7-10H2,1-2H3;1-2H3;2H,1H3.